The summed E-state index contributed by atoms with van der Waals surface area (Å²) in [5.74, 6) is -0.195. The number of rotatable bonds is 3. The van der Waals surface area contributed by atoms with E-state index in [4.69, 9.17) is 9.94 Å². The van der Waals surface area contributed by atoms with Crippen molar-refractivity contribution < 1.29 is 19.7 Å². The zero-order chi connectivity index (χ0) is 16.4. The third kappa shape index (κ3) is 2.91. The number of fused-ring (bicyclic) bond motifs is 1. The molecule has 2 aromatic rings. The average Bonchev–Trinajstić information content (AvgIpc) is 2.60. The van der Waals surface area contributed by atoms with E-state index in [1.807, 2.05) is 41.4 Å². The summed E-state index contributed by atoms with van der Waals surface area (Å²) in [6, 6.07) is 12.5. The van der Waals surface area contributed by atoms with Gasteiger partial charge in [-0.2, -0.15) is 0 Å². The lowest BCUT2D eigenvalue weighted by atomic mass is 10.0. The second-order valence-electron chi connectivity index (χ2n) is 5.13. The number of hydrogen-bond acceptors (Lipinski definition) is 4. The zero-order valence-corrected chi connectivity index (χ0v) is 12.5. The number of ether oxygens (including phenoxy) is 1. The fourth-order valence-electron chi connectivity index (χ4n) is 2.51. The molecule has 0 saturated heterocycles. The van der Waals surface area contributed by atoms with Crippen molar-refractivity contribution in [2.75, 3.05) is 12.0 Å². The predicted octanol–water partition coefficient (Wildman–Crippen LogP) is 2.99. The van der Waals surface area contributed by atoms with E-state index in [1.165, 1.54) is 6.07 Å². The normalized spacial score (nSPS) is 12.7. The second-order valence-corrected chi connectivity index (χ2v) is 5.13. The number of carbonyl (C=O) groups excluding carboxylic acids is 1. The Bertz CT molecular complexity index is 797. The lowest BCUT2D eigenvalue weighted by Crippen LogP contribution is -2.20. The number of methoxy groups -OCH3 is 1. The van der Waals surface area contributed by atoms with Crippen molar-refractivity contribution in [2.45, 2.75) is 6.54 Å². The van der Waals surface area contributed by atoms with Crippen molar-refractivity contribution in [3.05, 3.63) is 70.3 Å². The summed E-state index contributed by atoms with van der Waals surface area (Å²) in [6.45, 7) is 0.559. The molecule has 0 saturated carbocycles. The maximum atomic E-state index is 11.6. The standard InChI is InChI=1S/C17H15N2O4/c1-23-16-6-4-15(5-7-16)18-9-8-12-2-3-13(10-14(12)11-18)17(20)19(21)22/h2-10H,11H2,1H3,(H,21,22)/q+1. The van der Waals surface area contributed by atoms with E-state index >= 15 is 0 Å². The van der Waals surface area contributed by atoms with E-state index in [2.05, 4.69) is 0 Å². The Hall–Kier alpha value is -3.15. The van der Waals surface area contributed by atoms with Gasteiger partial charge in [-0.1, -0.05) is 6.07 Å². The molecule has 6 nitrogen and oxygen atoms in total. The molecule has 3 rings (SSSR count). The fraction of sp³-hybridized carbons (Fsp3) is 0.118. The molecule has 2 aromatic carbocycles. The first-order chi connectivity index (χ1) is 11.1. The Morgan fingerprint density at radius 2 is 1.96 bits per heavy atom. The number of anilines is 1. The molecule has 1 aliphatic heterocycles. The molecular formula is C17H15N2O4+. The fourth-order valence-corrected chi connectivity index (χ4v) is 2.51. The van der Waals surface area contributed by atoms with Gasteiger partial charge in [0.25, 0.3) is 0 Å². The summed E-state index contributed by atoms with van der Waals surface area (Å²) in [7, 11) is 1.62. The van der Waals surface area contributed by atoms with Crippen molar-refractivity contribution in [3.63, 3.8) is 0 Å². The van der Waals surface area contributed by atoms with Crippen LogP contribution in [0.15, 0.2) is 48.7 Å². The SMILES string of the molecule is COc1ccc(N2C=Cc3ccc(C(=O)[N+](=O)O)cc3C2)cc1. The minimum absolute atomic E-state index is 0.159. The van der Waals surface area contributed by atoms with Crippen molar-refractivity contribution >= 4 is 17.7 Å². The topological polar surface area (TPSA) is 69.8 Å². The minimum Gasteiger partial charge on any atom is -0.497 e. The molecule has 1 N–H and O–H groups in total. The number of nitrogens with zero attached hydrogens (tertiary/aromatic N) is 2. The van der Waals surface area contributed by atoms with Crippen molar-refractivity contribution in [1.29, 1.82) is 0 Å². The summed E-state index contributed by atoms with van der Waals surface area (Å²) in [4.78, 5) is 23.7. The van der Waals surface area contributed by atoms with Gasteiger partial charge in [-0.3, -0.25) is 0 Å². The summed E-state index contributed by atoms with van der Waals surface area (Å²) < 4.78 is 5.15. The number of hydrogen-bond donors (Lipinski definition) is 1. The van der Waals surface area contributed by atoms with Crippen LogP contribution in [0.25, 0.3) is 6.08 Å². The van der Waals surface area contributed by atoms with Gasteiger partial charge in [-0.25, -0.2) is 10.0 Å². The van der Waals surface area contributed by atoms with Gasteiger partial charge in [0.2, 0.25) is 0 Å². The van der Waals surface area contributed by atoms with E-state index in [-0.39, 0.29) is 5.56 Å². The number of benzene rings is 2. The molecule has 0 fully saturated rings. The minimum atomic E-state index is -0.974. The number of carbonyl (C=O) groups is 1. The Balaban J connectivity index is 1.88. The quantitative estimate of drug-likeness (QED) is 0.697. The summed E-state index contributed by atoms with van der Waals surface area (Å²) >= 11 is 0. The molecule has 0 unspecified atom stereocenters. The second kappa shape index (κ2) is 5.92. The van der Waals surface area contributed by atoms with Crippen LogP contribution in [-0.2, 0) is 6.54 Å². The molecular weight excluding hydrogens is 296 g/mol. The lowest BCUT2D eigenvalue weighted by molar-refractivity contribution is -0.714. The zero-order valence-electron chi connectivity index (χ0n) is 12.5. The molecule has 0 aromatic heterocycles. The highest BCUT2D eigenvalue weighted by molar-refractivity contribution is 5.88. The molecule has 0 bridgehead atoms. The molecule has 1 amide bonds. The predicted molar refractivity (Wildman–Crippen MR) is 84.4 cm³/mol. The largest absolute Gasteiger partial charge is 0.522 e. The van der Waals surface area contributed by atoms with E-state index in [9.17, 15) is 9.70 Å². The van der Waals surface area contributed by atoms with Crippen LogP contribution in [-0.4, -0.2) is 23.1 Å². The maximum Gasteiger partial charge on any atom is 0.522 e. The van der Waals surface area contributed by atoms with Gasteiger partial charge in [-0.15, -0.1) is 0 Å². The van der Waals surface area contributed by atoms with Crippen LogP contribution < -0.4 is 9.64 Å². The van der Waals surface area contributed by atoms with E-state index in [0.717, 1.165) is 22.6 Å². The Morgan fingerprint density at radius 3 is 2.61 bits per heavy atom. The van der Waals surface area contributed by atoms with Gasteiger partial charge in [0.1, 0.15) is 11.3 Å². The first-order valence-corrected chi connectivity index (χ1v) is 7.01. The molecule has 116 valence electrons. The summed E-state index contributed by atoms with van der Waals surface area (Å²) in [5.41, 5.74) is 3.01. The third-order valence-corrected chi connectivity index (χ3v) is 3.74. The highest BCUT2D eigenvalue weighted by Crippen LogP contribution is 2.27. The molecule has 1 heterocycles. The molecule has 0 spiro atoms. The van der Waals surface area contributed by atoms with Crippen LogP contribution in [0.2, 0.25) is 0 Å². The van der Waals surface area contributed by atoms with Crippen LogP contribution in [0, 0.1) is 4.91 Å². The van der Waals surface area contributed by atoms with Gasteiger partial charge in [0.05, 0.1) is 12.0 Å². The van der Waals surface area contributed by atoms with Crippen molar-refractivity contribution in [1.82, 2.24) is 0 Å². The first-order valence-electron chi connectivity index (χ1n) is 7.01. The van der Waals surface area contributed by atoms with Crippen molar-refractivity contribution in [3.8, 4) is 5.75 Å². The third-order valence-electron chi connectivity index (χ3n) is 3.74. The molecule has 23 heavy (non-hydrogen) atoms. The molecule has 1 aliphatic rings. The maximum absolute atomic E-state index is 11.6. The molecule has 0 atom stereocenters. The molecule has 0 radical (unpaired) electrons. The van der Waals surface area contributed by atoms with E-state index in [1.54, 1.807) is 19.2 Å². The van der Waals surface area contributed by atoms with Crippen LogP contribution in [0.3, 0.4) is 0 Å². The Kier molecular flexibility index (Phi) is 3.80. The Morgan fingerprint density at radius 1 is 1.22 bits per heavy atom. The van der Waals surface area contributed by atoms with E-state index < -0.39 is 10.8 Å². The average molecular weight is 311 g/mol. The Labute approximate surface area is 132 Å². The van der Waals surface area contributed by atoms with Gasteiger partial charge >= 0.3 is 10.8 Å². The van der Waals surface area contributed by atoms with Crippen LogP contribution in [0.4, 0.5) is 5.69 Å². The first kappa shape index (κ1) is 14.8. The van der Waals surface area contributed by atoms with E-state index in [0.29, 0.717) is 6.54 Å². The summed E-state index contributed by atoms with van der Waals surface area (Å²) in [5, 5.41) is 8.75. The van der Waals surface area contributed by atoms with Crippen LogP contribution >= 0.6 is 0 Å². The van der Waals surface area contributed by atoms with Gasteiger partial charge < -0.3 is 9.64 Å². The smallest absolute Gasteiger partial charge is 0.497 e. The molecule has 0 aliphatic carbocycles. The van der Waals surface area contributed by atoms with Gasteiger partial charge in [0.15, 0.2) is 0 Å². The van der Waals surface area contributed by atoms with Gasteiger partial charge in [0, 0.05) is 18.4 Å². The highest BCUT2D eigenvalue weighted by atomic mass is 16.6. The highest BCUT2D eigenvalue weighted by Gasteiger charge is 2.25. The van der Waals surface area contributed by atoms with Crippen molar-refractivity contribution in [2.24, 2.45) is 0 Å². The number of amides is 1. The lowest BCUT2D eigenvalue weighted by Gasteiger charge is -2.25. The van der Waals surface area contributed by atoms with Crippen LogP contribution in [0.1, 0.15) is 21.5 Å². The monoisotopic (exact) mass is 311 g/mol. The van der Waals surface area contributed by atoms with Gasteiger partial charge in [-0.05, 0) is 53.6 Å². The summed E-state index contributed by atoms with van der Waals surface area (Å²) in [6.07, 6.45) is 3.89. The molecule has 6 heteroatoms. The van der Waals surface area contributed by atoms with Crippen LogP contribution in [0.5, 0.6) is 5.75 Å².